The zero-order valence-electron chi connectivity index (χ0n) is 11.0. The molecule has 0 saturated carbocycles. The van der Waals surface area contributed by atoms with Gasteiger partial charge in [0.1, 0.15) is 18.2 Å². The molecule has 0 unspecified atom stereocenters. The number of rotatable bonds is 4. The lowest BCUT2D eigenvalue weighted by Crippen LogP contribution is -2.02. The van der Waals surface area contributed by atoms with Crippen LogP contribution < -0.4 is 4.74 Å². The molecule has 0 bridgehead atoms. The van der Waals surface area contributed by atoms with Gasteiger partial charge in [0.15, 0.2) is 0 Å². The Bertz CT molecular complexity index is 674. The lowest BCUT2D eigenvalue weighted by molar-refractivity contribution is 0.0600. The number of hydrogen-bond acceptors (Lipinski definition) is 3. The van der Waals surface area contributed by atoms with Crippen molar-refractivity contribution in [2.24, 2.45) is 0 Å². The fourth-order valence-corrected chi connectivity index (χ4v) is 2.11. The van der Waals surface area contributed by atoms with Crippen LogP contribution >= 0.6 is 23.2 Å². The third-order valence-corrected chi connectivity index (χ3v) is 3.40. The minimum atomic E-state index is -0.481. The van der Waals surface area contributed by atoms with Gasteiger partial charge in [0.05, 0.1) is 22.7 Å². The van der Waals surface area contributed by atoms with Gasteiger partial charge in [-0.2, -0.15) is 0 Å². The Kier molecular flexibility index (Phi) is 5.04. The van der Waals surface area contributed by atoms with Crippen molar-refractivity contribution in [2.75, 3.05) is 7.11 Å². The first kappa shape index (κ1) is 15.6. The molecular weight excluding hydrogens is 318 g/mol. The summed E-state index contributed by atoms with van der Waals surface area (Å²) in [4.78, 5) is 11.4. The Morgan fingerprint density at radius 2 is 1.90 bits per heavy atom. The van der Waals surface area contributed by atoms with Crippen LogP contribution in [0.2, 0.25) is 10.0 Å². The van der Waals surface area contributed by atoms with Gasteiger partial charge in [-0.05, 0) is 30.3 Å². The monoisotopic (exact) mass is 328 g/mol. The van der Waals surface area contributed by atoms with Crippen molar-refractivity contribution in [3.8, 4) is 5.75 Å². The normalized spacial score (nSPS) is 10.3. The first-order chi connectivity index (χ1) is 10.0. The maximum absolute atomic E-state index is 12.9. The molecule has 0 saturated heterocycles. The van der Waals surface area contributed by atoms with Gasteiger partial charge in [-0.25, -0.2) is 9.18 Å². The van der Waals surface area contributed by atoms with Crippen molar-refractivity contribution < 1.29 is 18.7 Å². The molecule has 3 nitrogen and oxygen atoms in total. The molecule has 0 fully saturated rings. The van der Waals surface area contributed by atoms with E-state index in [2.05, 4.69) is 4.74 Å². The number of carbonyl (C=O) groups is 1. The van der Waals surface area contributed by atoms with Crippen LogP contribution in [0.25, 0.3) is 0 Å². The summed E-state index contributed by atoms with van der Waals surface area (Å²) < 4.78 is 23.1. The molecule has 6 heteroatoms. The Hall–Kier alpha value is -1.78. The Morgan fingerprint density at radius 1 is 1.14 bits per heavy atom. The van der Waals surface area contributed by atoms with Crippen LogP contribution in [0, 0.1) is 5.82 Å². The average molecular weight is 329 g/mol. The molecule has 0 N–H and O–H groups in total. The number of benzene rings is 2. The van der Waals surface area contributed by atoms with Crippen molar-refractivity contribution >= 4 is 29.2 Å². The Labute approximate surface area is 131 Å². The molecule has 0 aliphatic carbocycles. The Balaban J connectivity index is 2.11. The van der Waals surface area contributed by atoms with E-state index in [9.17, 15) is 9.18 Å². The van der Waals surface area contributed by atoms with Gasteiger partial charge < -0.3 is 9.47 Å². The third-order valence-electron chi connectivity index (χ3n) is 2.75. The SMILES string of the molecule is COC(=O)c1ccc(OCc2ccc(F)cc2Cl)c(Cl)c1. The van der Waals surface area contributed by atoms with Crippen LogP contribution in [0.4, 0.5) is 4.39 Å². The van der Waals surface area contributed by atoms with Crippen LogP contribution in [-0.2, 0) is 11.3 Å². The lowest BCUT2D eigenvalue weighted by atomic mass is 10.2. The Morgan fingerprint density at radius 3 is 2.52 bits per heavy atom. The molecule has 2 rings (SSSR count). The molecule has 0 heterocycles. The van der Waals surface area contributed by atoms with Crippen LogP contribution in [0.1, 0.15) is 15.9 Å². The van der Waals surface area contributed by atoms with Crippen LogP contribution in [0.3, 0.4) is 0 Å². The van der Waals surface area contributed by atoms with E-state index in [1.165, 1.54) is 31.4 Å². The highest BCUT2D eigenvalue weighted by Gasteiger charge is 2.10. The number of esters is 1. The van der Waals surface area contributed by atoms with Crippen molar-refractivity contribution in [3.63, 3.8) is 0 Å². The topological polar surface area (TPSA) is 35.5 Å². The smallest absolute Gasteiger partial charge is 0.337 e. The van der Waals surface area contributed by atoms with E-state index in [1.54, 1.807) is 12.1 Å². The zero-order chi connectivity index (χ0) is 15.4. The molecule has 0 amide bonds. The van der Waals surface area contributed by atoms with Crippen LogP contribution in [-0.4, -0.2) is 13.1 Å². The number of methoxy groups -OCH3 is 1. The molecule has 2 aromatic carbocycles. The van der Waals surface area contributed by atoms with Gasteiger partial charge in [-0.3, -0.25) is 0 Å². The summed E-state index contributed by atoms with van der Waals surface area (Å²) in [5.41, 5.74) is 0.959. The van der Waals surface area contributed by atoms with E-state index >= 15 is 0 Å². The molecule has 0 aromatic heterocycles. The van der Waals surface area contributed by atoms with Gasteiger partial charge in [0.25, 0.3) is 0 Å². The molecule has 110 valence electrons. The van der Waals surface area contributed by atoms with Gasteiger partial charge >= 0.3 is 5.97 Å². The number of ether oxygens (including phenoxy) is 2. The van der Waals surface area contributed by atoms with E-state index < -0.39 is 11.8 Å². The second-order valence-corrected chi connectivity index (χ2v) is 4.98. The minimum absolute atomic E-state index is 0.135. The van der Waals surface area contributed by atoms with Gasteiger partial charge in [-0.1, -0.05) is 29.3 Å². The van der Waals surface area contributed by atoms with Gasteiger partial charge in [-0.15, -0.1) is 0 Å². The summed E-state index contributed by atoms with van der Waals surface area (Å²) in [6.45, 7) is 0.135. The predicted octanol–water partition coefficient (Wildman–Crippen LogP) is 4.50. The fraction of sp³-hybridized carbons (Fsp3) is 0.133. The molecule has 2 aromatic rings. The molecule has 0 aliphatic heterocycles. The summed E-state index contributed by atoms with van der Waals surface area (Å²) in [6.07, 6.45) is 0. The van der Waals surface area contributed by atoms with E-state index in [4.69, 9.17) is 27.9 Å². The van der Waals surface area contributed by atoms with Gasteiger partial charge in [0.2, 0.25) is 0 Å². The minimum Gasteiger partial charge on any atom is -0.487 e. The van der Waals surface area contributed by atoms with Crippen LogP contribution in [0.5, 0.6) is 5.75 Å². The van der Waals surface area contributed by atoms with Crippen molar-refractivity contribution in [1.29, 1.82) is 0 Å². The quantitative estimate of drug-likeness (QED) is 0.775. The van der Waals surface area contributed by atoms with E-state index in [0.29, 0.717) is 16.9 Å². The summed E-state index contributed by atoms with van der Waals surface area (Å²) in [5, 5.41) is 0.549. The standard InChI is InChI=1S/C15H11Cl2FO3/c1-20-15(19)9-3-5-14(13(17)6-9)21-8-10-2-4-11(18)7-12(10)16/h2-7H,8H2,1H3. The molecular formula is C15H11Cl2FO3. The largest absolute Gasteiger partial charge is 0.487 e. The van der Waals surface area contributed by atoms with Gasteiger partial charge in [0, 0.05) is 5.56 Å². The highest BCUT2D eigenvalue weighted by molar-refractivity contribution is 6.32. The molecule has 0 radical (unpaired) electrons. The number of halogens is 3. The van der Waals surface area contributed by atoms with E-state index in [0.717, 1.165) is 0 Å². The zero-order valence-corrected chi connectivity index (χ0v) is 12.5. The summed E-state index contributed by atoms with van der Waals surface area (Å²) in [5.74, 6) is -0.501. The first-order valence-electron chi connectivity index (χ1n) is 5.96. The molecule has 0 aliphatic rings. The highest BCUT2D eigenvalue weighted by atomic mass is 35.5. The van der Waals surface area contributed by atoms with E-state index in [-0.39, 0.29) is 16.7 Å². The predicted molar refractivity (Wildman–Crippen MR) is 78.5 cm³/mol. The summed E-state index contributed by atoms with van der Waals surface area (Å²) >= 11 is 11.9. The summed E-state index contributed by atoms with van der Waals surface area (Å²) in [7, 11) is 1.29. The maximum Gasteiger partial charge on any atom is 0.337 e. The number of hydrogen-bond donors (Lipinski definition) is 0. The summed E-state index contributed by atoms with van der Waals surface area (Å²) in [6, 6.07) is 8.60. The molecule has 21 heavy (non-hydrogen) atoms. The molecule has 0 atom stereocenters. The fourth-order valence-electron chi connectivity index (χ4n) is 1.66. The van der Waals surface area contributed by atoms with Crippen LogP contribution in [0.15, 0.2) is 36.4 Å². The number of carbonyl (C=O) groups excluding carboxylic acids is 1. The van der Waals surface area contributed by atoms with Crippen molar-refractivity contribution in [3.05, 3.63) is 63.4 Å². The molecule has 0 spiro atoms. The average Bonchev–Trinajstić information content (AvgIpc) is 2.46. The van der Waals surface area contributed by atoms with Crippen molar-refractivity contribution in [1.82, 2.24) is 0 Å². The lowest BCUT2D eigenvalue weighted by Gasteiger charge is -2.10. The van der Waals surface area contributed by atoms with Crippen molar-refractivity contribution in [2.45, 2.75) is 6.61 Å². The second kappa shape index (κ2) is 6.78. The van der Waals surface area contributed by atoms with E-state index in [1.807, 2.05) is 0 Å². The highest BCUT2D eigenvalue weighted by Crippen LogP contribution is 2.27. The first-order valence-corrected chi connectivity index (χ1v) is 6.71. The second-order valence-electron chi connectivity index (χ2n) is 4.16. The maximum atomic E-state index is 12.9. The third kappa shape index (κ3) is 3.86.